The predicted molar refractivity (Wildman–Crippen MR) is 108 cm³/mol. The lowest BCUT2D eigenvalue weighted by atomic mass is 9.76. The van der Waals surface area contributed by atoms with Gasteiger partial charge < -0.3 is 22.6 Å². The lowest BCUT2D eigenvalue weighted by molar-refractivity contribution is -0.124. The zero-order valence-electron chi connectivity index (χ0n) is 16.7. The number of amides is 1. The molecule has 1 aliphatic carbocycles. The fourth-order valence-corrected chi connectivity index (χ4v) is 4.75. The first kappa shape index (κ1) is 22.2. The third kappa shape index (κ3) is 7.12. The Hall–Kier alpha value is -1.06. The zero-order chi connectivity index (χ0) is 18.0. The third-order valence-electron chi connectivity index (χ3n) is 6.21. The molecule has 0 spiro atoms. The molecule has 1 unspecified atom stereocenters. The van der Waals surface area contributed by atoms with Gasteiger partial charge >= 0.3 is 0 Å². The number of benzene rings is 1. The highest BCUT2D eigenvalue weighted by Gasteiger charge is 2.30. The molecule has 0 aromatic heterocycles. The van der Waals surface area contributed by atoms with Crippen LogP contribution in [0.5, 0.6) is 0 Å². The number of hydrogen-bond donors (Lipinski definition) is 1. The molecule has 1 aromatic carbocycles. The first-order chi connectivity index (χ1) is 12.8. The van der Waals surface area contributed by atoms with E-state index in [1.165, 1.54) is 76.4 Å². The Labute approximate surface area is 171 Å². The van der Waals surface area contributed by atoms with Crippen LogP contribution in [-0.2, 0) is 4.79 Å². The van der Waals surface area contributed by atoms with E-state index >= 15 is 0 Å². The Balaban J connectivity index is 0.00000261. The van der Waals surface area contributed by atoms with E-state index in [1.807, 2.05) is 6.07 Å². The molecule has 0 bridgehead atoms. The van der Waals surface area contributed by atoms with Crippen LogP contribution in [0, 0.1) is 5.92 Å². The topological polar surface area (TPSA) is 32.3 Å². The molecular formula is C23H36ClN2O-. The second-order valence-corrected chi connectivity index (χ2v) is 8.19. The molecule has 27 heavy (non-hydrogen) atoms. The Bertz CT molecular complexity index is 522. The van der Waals surface area contributed by atoms with Crippen LogP contribution in [0.3, 0.4) is 0 Å². The van der Waals surface area contributed by atoms with Crippen LogP contribution < -0.4 is 17.7 Å². The van der Waals surface area contributed by atoms with Gasteiger partial charge in [0.2, 0.25) is 5.91 Å². The second kappa shape index (κ2) is 12.4. The Morgan fingerprint density at radius 1 is 0.963 bits per heavy atom. The van der Waals surface area contributed by atoms with E-state index in [-0.39, 0.29) is 24.2 Å². The van der Waals surface area contributed by atoms with Crippen molar-refractivity contribution >= 4 is 5.91 Å². The molecule has 1 saturated heterocycles. The molecule has 1 aliphatic heterocycles. The minimum atomic E-state index is 0. The quantitative estimate of drug-likeness (QED) is 0.718. The van der Waals surface area contributed by atoms with Crippen LogP contribution in [0.25, 0.3) is 0 Å². The van der Waals surface area contributed by atoms with Crippen LogP contribution in [0.4, 0.5) is 0 Å². The number of nitrogens with zero attached hydrogens (tertiary/aromatic N) is 1. The standard InChI is InChI=1S/C23H36N2O.ClH/c26-23(24-16-11-19-25-17-9-1-2-10-18-25)22(20-12-5-3-6-13-20)21-14-7-4-8-15-21;/h3,5-6,12-13,21-22H,1-2,4,7-11,14-19H2,(H,24,26);1H/p-1. The summed E-state index contributed by atoms with van der Waals surface area (Å²) in [4.78, 5) is 15.6. The fraction of sp³-hybridized carbons (Fsp3) is 0.696. The maximum Gasteiger partial charge on any atom is 0.227 e. The summed E-state index contributed by atoms with van der Waals surface area (Å²) in [6.07, 6.45) is 12.8. The van der Waals surface area contributed by atoms with Crippen molar-refractivity contribution < 1.29 is 17.2 Å². The van der Waals surface area contributed by atoms with E-state index in [0.717, 1.165) is 19.5 Å². The van der Waals surface area contributed by atoms with Crippen molar-refractivity contribution in [2.24, 2.45) is 5.92 Å². The van der Waals surface area contributed by atoms with E-state index in [1.54, 1.807) is 0 Å². The molecule has 1 atom stereocenters. The van der Waals surface area contributed by atoms with Crippen LogP contribution in [0.2, 0.25) is 0 Å². The molecule has 1 amide bonds. The highest BCUT2D eigenvalue weighted by Crippen LogP contribution is 2.36. The monoisotopic (exact) mass is 391 g/mol. The minimum Gasteiger partial charge on any atom is -1.00 e. The number of nitrogens with one attached hydrogen (secondary N) is 1. The average molecular weight is 392 g/mol. The van der Waals surface area contributed by atoms with Gasteiger partial charge in [-0.25, -0.2) is 0 Å². The van der Waals surface area contributed by atoms with Gasteiger partial charge in [0.05, 0.1) is 5.92 Å². The number of halogens is 1. The van der Waals surface area contributed by atoms with Gasteiger partial charge in [0.15, 0.2) is 0 Å². The normalized spacial score (nSPS) is 20.3. The lowest BCUT2D eigenvalue weighted by Gasteiger charge is -2.30. The molecule has 2 fully saturated rings. The van der Waals surface area contributed by atoms with E-state index in [2.05, 4.69) is 34.5 Å². The van der Waals surface area contributed by atoms with Crippen molar-refractivity contribution in [1.29, 1.82) is 0 Å². The van der Waals surface area contributed by atoms with Crippen LogP contribution in [-0.4, -0.2) is 37.0 Å². The molecule has 1 saturated carbocycles. The molecular weight excluding hydrogens is 356 g/mol. The van der Waals surface area contributed by atoms with Crippen LogP contribution in [0.15, 0.2) is 30.3 Å². The summed E-state index contributed by atoms with van der Waals surface area (Å²) < 4.78 is 0. The lowest BCUT2D eigenvalue weighted by Crippen LogP contribution is -3.00. The molecule has 1 heterocycles. The van der Waals surface area contributed by atoms with E-state index in [0.29, 0.717) is 5.92 Å². The van der Waals surface area contributed by atoms with E-state index < -0.39 is 0 Å². The van der Waals surface area contributed by atoms with Crippen molar-refractivity contribution in [3.05, 3.63) is 35.9 Å². The number of hydrogen-bond acceptors (Lipinski definition) is 2. The SMILES string of the molecule is O=C(NCCCN1CCCCCC1)C(c1ccccc1)C1CCCCC1.[Cl-]. The van der Waals surface area contributed by atoms with Gasteiger partial charge in [-0.1, -0.05) is 62.4 Å². The van der Waals surface area contributed by atoms with Gasteiger partial charge in [-0.2, -0.15) is 0 Å². The zero-order valence-corrected chi connectivity index (χ0v) is 17.4. The minimum absolute atomic E-state index is 0. The molecule has 3 nitrogen and oxygen atoms in total. The van der Waals surface area contributed by atoms with Crippen molar-refractivity contribution in [2.45, 2.75) is 70.1 Å². The maximum absolute atomic E-state index is 13.0. The average Bonchev–Trinajstić information content (AvgIpc) is 2.96. The molecule has 152 valence electrons. The number of carbonyl (C=O) groups is 1. The highest BCUT2D eigenvalue weighted by molar-refractivity contribution is 5.84. The van der Waals surface area contributed by atoms with Crippen LogP contribution >= 0.6 is 0 Å². The molecule has 1 aromatic rings. The molecule has 4 heteroatoms. The third-order valence-corrected chi connectivity index (χ3v) is 6.21. The summed E-state index contributed by atoms with van der Waals surface area (Å²) in [7, 11) is 0. The van der Waals surface area contributed by atoms with Crippen molar-refractivity contribution in [1.82, 2.24) is 10.2 Å². The predicted octanol–water partition coefficient (Wildman–Crippen LogP) is 1.74. The van der Waals surface area contributed by atoms with Gasteiger partial charge in [-0.15, -0.1) is 0 Å². The Kier molecular flexibility index (Phi) is 10.2. The summed E-state index contributed by atoms with van der Waals surface area (Å²) >= 11 is 0. The summed E-state index contributed by atoms with van der Waals surface area (Å²) in [5.41, 5.74) is 1.20. The fourth-order valence-electron chi connectivity index (χ4n) is 4.75. The summed E-state index contributed by atoms with van der Waals surface area (Å²) in [5.74, 6) is 0.797. The smallest absolute Gasteiger partial charge is 0.227 e. The number of likely N-dealkylation sites (tertiary alicyclic amines) is 1. The largest absolute Gasteiger partial charge is 1.00 e. The van der Waals surface area contributed by atoms with Crippen LogP contribution in [0.1, 0.15) is 75.7 Å². The summed E-state index contributed by atoms with van der Waals surface area (Å²) in [6, 6.07) is 10.4. The molecule has 1 N–H and O–H groups in total. The first-order valence-corrected chi connectivity index (χ1v) is 10.9. The van der Waals surface area contributed by atoms with Gasteiger partial charge in [0.25, 0.3) is 0 Å². The number of carbonyl (C=O) groups excluding carboxylic acids is 1. The first-order valence-electron chi connectivity index (χ1n) is 10.9. The molecule has 3 rings (SSSR count). The second-order valence-electron chi connectivity index (χ2n) is 8.19. The Morgan fingerprint density at radius 3 is 2.26 bits per heavy atom. The Morgan fingerprint density at radius 2 is 1.59 bits per heavy atom. The van der Waals surface area contributed by atoms with Gasteiger partial charge in [-0.05, 0) is 63.2 Å². The van der Waals surface area contributed by atoms with E-state index in [9.17, 15) is 4.79 Å². The molecule has 2 aliphatic rings. The van der Waals surface area contributed by atoms with Gasteiger partial charge in [0.1, 0.15) is 0 Å². The van der Waals surface area contributed by atoms with Crippen molar-refractivity contribution in [3.8, 4) is 0 Å². The summed E-state index contributed by atoms with van der Waals surface area (Å²) in [5, 5.41) is 3.27. The van der Waals surface area contributed by atoms with Gasteiger partial charge in [0, 0.05) is 6.54 Å². The highest BCUT2D eigenvalue weighted by atomic mass is 35.5. The summed E-state index contributed by atoms with van der Waals surface area (Å²) in [6.45, 7) is 4.41. The number of rotatable bonds is 7. The van der Waals surface area contributed by atoms with E-state index in [4.69, 9.17) is 0 Å². The van der Waals surface area contributed by atoms with Crippen molar-refractivity contribution in [2.75, 3.05) is 26.2 Å². The molecule has 0 radical (unpaired) electrons. The maximum atomic E-state index is 13.0. The van der Waals surface area contributed by atoms with Gasteiger partial charge in [-0.3, -0.25) is 4.79 Å². The van der Waals surface area contributed by atoms with Crippen molar-refractivity contribution in [3.63, 3.8) is 0 Å².